The lowest BCUT2D eigenvalue weighted by atomic mass is 9.98. The van der Waals surface area contributed by atoms with Gasteiger partial charge in [-0.3, -0.25) is 0 Å². The van der Waals surface area contributed by atoms with Crippen molar-refractivity contribution in [2.45, 2.75) is 13.0 Å². The molecule has 0 aliphatic carbocycles. The fourth-order valence-corrected chi connectivity index (χ4v) is 2.35. The molecular formula is C15H14BrF2NO. The first-order chi connectivity index (χ1) is 9.52. The lowest BCUT2D eigenvalue weighted by Gasteiger charge is -2.18. The van der Waals surface area contributed by atoms with Gasteiger partial charge in [0, 0.05) is 21.7 Å². The molecule has 0 fully saturated rings. The fourth-order valence-electron chi connectivity index (χ4n) is 1.97. The molecule has 0 aliphatic heterocycles. The minimum Gasteiger partial charge on any atom is -0.494 e. The van der Waals surface area contributed by atoms with Gasteiger partial charge in [0.2, 0.25) is 0 Å². The molecule has 0 amide bonds. The summed E-state index contributed by atoms with van der Waals surface area (Å²) in [4.78, 5) is 0. The molecule has 1 unspecified atom stereocenters. The van der Waals surface area contributed by atoms with Gasteiger partial charge in [-0.25, -0.2) is 8.78 Å². The van der Waals surface area contributed by atoms with Gasteiger partial charge in [-0.15, -0.1) is 0 Å². The van der Waals surface area contributed by atoms with Gasteiger partial charge in [-0.05, 0) is 31.2 Å². The molecule has 2 aromatic carbocycles. The standard InChI is InChI=1S/C15H14BrF2NO/c1-2-20-14-6-3-9(16)7-12(14)15(19)11-5-4-10(17)8-13(11)18/h3-8,15H,2,19H2,1H3. The normalized spacial score (nSPS) is 12.2. The second-order valence-electron chi connectivity index (χ2n) is 4.26. The maximum absolute atomic E-state index is 13.8. The Morgan fingerprint density at radius 3 is 2.55 bits per heavy atom. The second-order valence-corrected chi connectivity index (χ2v) is 5.17. The van der Waals surface area contributed by atoms with Crippen LogP contribution in [0.1, 0.15) is 24.1 Å². The van der Waals surface area contributed by atoms with Gasteiger partial charge >= 0.3 is 0 Å². The minimum atomic E-state index is -0.727. The fraction of sp³-hybridized carbons (Fsp3) is 0.200. The number of nitrogens with two attached hydrogens (primary N) is 1. The van der Waals surface area contributed by atoms with Crippen molar-refractivity contribution in [2.24, 2.45) is 5.73 Å². The Labute approximate surface area is 124 Å². The summed E-state index contributed by atoms with van der Waals surface area (Å²) in [6.07, 6.45) is 0. The van der Waals surface area contributed by atoms with E-state index in [1.54, 1.807) is 12.1 Å². The first-order valence-electron chi connectivity index (χ1n) is 6.15. The zero-order valence-corrected chi connectivity index (χ0v) is 12.5. The van der Waals surface area contributed by atoms with Gasteiger partial charge in [-0.2, -0.15) is 0 Å². The van der Waals surface area contributed by atoms with E-state index < -0.39 is 17.7 Å². The van der Waals surface area contributed by atoms with E-state index in [0.717, 1.165) is 10.5 Å². The Hall–Kier alpha value is -1.46. The summed E-state index contributed by atoms with van der Waals surface area (Å²) in [6, 6.07) is 8.01. The van der Waals surface area contributed by atoms with Crippen molar-refractivity contribution >= 4 is 15.9 Å². The molecule has 0 bridgehead atoms. The van der Waals surface area contributed by atoms with E-state index in [1.807, 2.05) is 13.0 Å². The Bertz CT molecular complexity index is 619. The van der Waals surface area contributed by atoms with E-state index in [-0.39, 0.29) is 5.56 Å². The average Bonchev–Trinajstić information content (AvgIpc) is 2.40. The van der Waals surface area contributed by atoms with Crippen molar-refractivity contribution in [1.82, 2.24) is 0 Å². The van der Waals surface area contributed by atoms with E-state index in [2.05, 4.69) is 15.9 Å². The summed E-state index contributed by atoms with van der Waals surface area (Å²) in [5.74, 6) is -0.704. The Balaban J connectivity index is 2.46. The molecule has 0 radical (unpaired) electrons. The minimum absolute atomic E-state index is 0.227. The quantitative estimate of drug-likeness (QED) is 0.905. The highest BCUT2D eigenvalue weighted by Crippen LogP contribution is 2.32. The van der Waals surface area contributed by atoms with Gasteiger partial charge < -0.3 is 10.5 Å². The third-order valence-electron chi connectivity index (χ3n) is 2.90. The smallest absolute Gasteiger partial charge is 0.131 e. The molecule has 0 aliphatic rings. The maximum atomic E-state index is 13.8. The summed E-state index contributed by atoms with van der Waals surface area (Å²) in [5.41, 5.74) is 6.98. The highest BCUT2D eigenvalue weighted by Gasteiger charge is 2.18. The molecule has 20 heavy (non-hydrogen) atoms. The van der Waals surface area contributed by atoms with E-state index in [0.29, 0.717) is 17.9 Å². The lowest BCUT2D eigenvalue weighted by Crippen LogP contribution is -2.15. The van der Waals surface area contributed by atoms with Crippen LogP contribution in [0.15, 0.2) is 40.9 Å². The van der Waals surface area contributed by atoms with Crippen molar-refractivity contribution in [2.75, 3.05) is 6.61 Å². The molecule has 0 heterocycles. The first-order valence-corrected chi connectivity index (χ1v) is 6.95. The first kappa shape index (κ1) is 14.9. The number of halogens is 3. The predicted molar refractivity (Wildman–Crippen MR) is 77.7 cm³/mol. The second kappa shape index (κ2) is 6.33. The summed E-state index contributed by atoms with van der Waals surface area (Å²) in [6.45, 7) is 2.34. The van der Waals surface area contributed by atoms with Crippen molar-refractivity contribution in [3.8, 4) is 5.75 Å². The molecule has 0 saturated heterocycles. The van der Waals surface area contributed by atoms with Crippen LogP contribution in [0.4, 0.5) is 8.78 Å². The molecular weight excluding hydrogens is 328 g/mol. The number of ether oxygens (including phenoxy) is 1. The third-order valence-corrected chi connectivity index (χ3v) is 3.40. The van der Waals surface area contributed by atoms with Crippen molar-refractivity contribution in [3.05, 3.63) is 63.6 Å². The SMILES string of the molecule is CCOc1ccc(Br)cc1C(N)c1ccc(F)cc1F. The number of hydrogen-bond donors (Lipinski definition) is 1. The largest absolute Gasteiger partial charge is 0.494 e. The average molecular weight is 342 g/mol. The van der Waals surface area contributed by atoms with Crippen LogP contribution in [0.3, 0.4) is 0 Å². The molecule has 2 N–H and O–H groups in total. The molecule has 2 aromatic rings. The Morgan fingerprint density at radius 2 is 1.90 bits per heavy atom. The van der Waals surface area contributed by atoms with Crippen LogP contribution in [0.2, 0.25) is 0 Å². The van der Waals surface area contributed by atoms with Crippen LogP contribution in [-0.2, 0) is 0 Å². The summed E-state index contributed by atoms with van der Waals surface area (Å²) >= 11 is 3.35. The molecule has 2 rings (SSSR count). The van der Waals surface area contributed by atoms with Crippen LogP contribution >= 0.6 is 15.9 Å². The van der Waals surface area contributed by atoms with Gasteiger partial charge in [0.25, 0.3) is 0 Å². The zero-order valence-electron chi connectivity index (χ0n) is 10.9. The van der Waals surface area contributed by atoms with Gasteiger partial charge in [-0.1, -0.05) is 22.0 Å². The van der Waals surface area contributed by atoms with E-state index in [9.17, 15) is 8.78 Å². The van der Waals surface area contributed by atoms with Crippen LogP contribution in [-0.4, -0.2) is 6.61 Å². The molecule has 0 aromatic heterocycles. The molecule has 106 valence electrons. The van der Waals surface area contributed by atoms with Crippen LogP contribution < -0.4 is 10.5 Å². The third kappa shape index (κ3) is 3.16. The van der Waals surface area contributed by atoms with Crippen molar-refractivity contribution in [1.29, 1.82) is 0 Å². The Morgan fingerprint density at radius 1 is 1.15 bits per heavy atom. The number of hydrogen-bond acceptors (Lipinski definition) is 2. The van der Waals surface area contributed by atoms with Gasteiger partial charge in [0.1, 0.15) is 17.4 Å². The molecule has 0 spiro atoms. The highest BCUT2D eigenvalue weighted by atomic mass is 79.9. The summed E-state index contributed by atoms with van der Waals surface area (Å²) < 4.78 is 33.1. The van der Waals surface area contributed by atoms with Crippen molar-refractivity contribution < 1.29 is 13.5 Å². The van der Waals surface area contributed by atoms with Crippen LogP contribution in [0.25, 0.3) is 0 Å². The molecule has 1 atom stereocenters. The highest BCUT2D eigenvalue weighted by molar-refractivity contribution is 9.10. The predicted octanol–water partition coefficient (Wildman–Crippen LogP) is 4.17. The lowest BCUT2D eigenvalue weighted by molar-refractivity contribution is 0.335. The summed E-state index contributed by atoms with van der Waals surface area (Å²) in [7, 11) is 0. The van der Waals surface area contributed by atoms with Crippen LogP contribution in [0, 0.1) is 11.6 Å². The van der Waals surface area contributed by atoms with E-state index in [1.165, 1.54) is 12.1 Å². The molecule has 5 heteroatoms. The summed E-state index contributed by atoms with van der Waals surface area (Å²) in [5, 5.41) is 0. The van der Waals surface area contributed by atoms with Crippen molar-refractivity contribution in [3.63, 3.8) is 0 Å². The zero-order chi connectivity index (χ0) is 14.7. The number of benzene rings is 2. The van der Waals surface area contributed by atoms with E-state index in [4.69, 9.17) is 10.5 Å². The van der Waals surface area contributed by atoms with Gasteiger partial charge in [0.05, 0.1) is 12.6 Å². The number of rotatable bonds is 4. The van der Waals surface area contributed by atoms with E-state index >= 15 is 0 Å². The maximum Gasteiger partial charge on any atom is 0.131 e. The molecule has 0 saturated carbocycles. The van der Waals surface area contributed by atoms with Crippen LogP contribution in [0.5, 0.6) is 5.75 Å². The monoisotopic (exact) mass is 341 g/mol. The Kier molecular flexibility index (Phi) is 4.73. The topological polar surface area (TPSA) is 35.2 Å². The van der Waals surface area contributed by atoms with Gasteiger partial charge in [0.15, 0.2) is 0 Å². The molecule has 2 nitrogen and oxygen atoms in total.